The number of hydrogen-bond donors (Lipinski definition) is 1. The average Bonchev–Trinajstić information content (AvgIpc) is 2.20. The zero-order valence-electron chi connectivity index (χ0n) is 11.7. The molecule has 0 amide bonds. The van der Waals surface area contributed by atoms with E-state index < -0.39 is 0 Å². The first-order valence-corrected chi connectivity index (χ1v) is 6.87. The van der Waals surface area contributed by atoms with Gasteiger partial charge in [0.05, 0.1) is 0 Å². The lowest BCUT2D eigenvalue weighted by molar-refractivity contribution is 0.136. The number of hydrogen-bond acceptors (Lipinski definition) is 2. The maximum Gasteiger partial charge on any atom is 0.00795 e. The topological polar surface area (TPSA) is 29.3 Å². The Morgan fingerprint density at radius 2 is 1.81 bits per heavy atom. The summed E-state index contributed by atoms with van der Waals surface area (Å²) in [6.07, 6.45) is 3.88. The van der Waals surface area contributed by atoms with Gasteiger partial charge in [-0.25, -0.2) is 0 Å². The first-order chi connectivity index (χ1) is 7.41. The lowest BCUT2D eigenvalue weighted by Gasteiger charge is -2.38. The van der Waals surface area contributed by atoms with Gasteiger partial charge in [0.15, 0.2) is 0 Å². The summed E-state index contributed by atoms with van der Waals surface area (Å²) < 4.78 is 0. The minimum atomic E-state index is 0.427. The van der Waals surface area contributed by atoms with Crippen molar-refractivity contribution in [3.63, 3.8) is 0 Å². The third-order valence-electron chi connectivity index (χ3n) is 4.43. The number of nitrogens with zero attached hydrogens (tertiary/aromatic N) is 1. The van der Waals surface area contributed by atoms with Crippen molar-refractivity contribution in [1.82, 2.24) is 4.90 Å². The highest BCUT2D eigenvalue weighted by atomic mass is 15.1. The molecule has 1 aliphatic carbocycles. The zero-order valence-corrected chi connectivity index (χ0v) is 11.7. The monoisotopic (exact) mass is 226 g/mol. The van der Waals surface area contributed by atoms with Crippen molar-refractivity contribution in [3.8, 4) is 0 Å². The summed E-state index contributed by atoms with van der Waals surface area (Å²) in [6.45, 7) is 10.4. The highest BCUT2D eigenvalue weighted by molar-refractivity contribution is 4.85. The van der Waals surface area contributed by atoms with Crippen molar-refractivity contribution in [2.24, 2.45) is 23.5 Å². The molecule has 0 saturated heterocycles. The molecule has 0 radical (unpaired) electrons. The largest absolute Gasteiger partial charge is 0.327 e. The molecule has 0 aromatic carbocycles. The van der Waals surface area contributed by atoms with Crippen molar-refractivity contribution in [2.75, 3.05) is 13.6 Å². The predicted molar refractivity (Wildman–Crippen MR) is 71.4 cm³/mol. The highest BCUT2D eigenvalue weighted by Gasteiger charge is 2.30. The van der Waals surface area contributed by atoms with Crippen molar-refractivity contribution < 1.29 is 0 Å². The van der Waals surface area contributed by atoms with Gasteiger partial charge in [0, 0.05) is 18.6 Å². The molecule has 0 aromatic heterocycles. The molecule has 0 bridgehead atoms. The molecule has 0 aromatic rings. The Hall–Kier alpha value is -0.0800. The molecular weight excluding hydrogens is 196 g/mol. The molecular formula is C14H30N2. The smallest absolute Gasteiger partial charge is 0.00795 e. The fourth-order valence-corrected chi connectivity index (χ4v) is 2.72. The van der Waals surface area contributed by atoms with Gasteiger partial charge in [0.1, 0.15) is 0 Å². The van der Waals surface area contributed by atoms with Crippen LogP contribution in [0.3, 0.4) is 0 Å². The van der Waals surface area contributed by atoms with Crippen LogP contribution in [0, 0.1) is 17.8 Å². The molecule has 0 heterocycles. The summed E-state index contributed by atoms with van der Waals surface area (Å²) in [5, 5.41) is 0. The van der Waals surface area contributed by atoms with Crippen LogP contribution in [0.2, 0.25) is 0 Å². The molecule has 16 heavy (non-hydrogen) atoms. The molecule has 3 atom stereocenters. The minimum Gasteiger partial charge on any atom is -0.327 e. The fourth-order valence-electron chi connectivity index (χ4n) is 2.72. The van der Waals surface area contributed by atoms with Gasteiger partial charge in [-0.1, -0.05) is 13.8 Å². The molecule has 1 saturated carbocycles. The van der Waals surface area contributed by atoms with Crippen molar-refractivity contribution >= 4 is 0 Å². The standard InChI is InChI=1S/C14H30N2/c1-10(2)12-6-7-14(15)13(8-12)9-16(5)11(3)4/h10-14H,6-9,15H2,1-5H3. The Labute approximate surface area is 102 Å². The van der Waals surface area contributed by atoms with Crippen LogP contribution in [0.4, 0.5) is 0 Å². The molecule has 3 unspecified atom stereocenters. The van der Waals surface area contributed by atoms with Gasteiger partial charge in [-0.15, -0.1) is 0 Å². The van der Waals surface area contributed by atoms with Crippen molar-refractivity contribution in [3.05, 3.63) is 0 Å². The summed E-state index contributed by atoms with van der Waals surface area (Å²) >= 11 is 0. The van der Waals surface area contributed by atoms with Crippen molar-refractivity contribution in [2.45, 2.75) is 59.0 Å². The van der Waals surface area contributed by atoms with Gasteiger partial charge < -0.3 is 10.6 Å². The van der Waals surface area contributed by atoms with E-state index in [-0.39, 0.29) is 0 Å². The van der Waals surface area contributed by atoms with Crippen LogP contribution in [-0.4, -0.2) is 30.6 Å². The fraction of sp³-hybridized carbons (Fsp3) is 1.00. The summed E-state index contributed by atoms with van der Waals surface area (Å²) in [5.41, 5.74) is 6.26. The van der Waals surface area contributed by atoms with Crippen LogP contribution in [-0.2, 0) is 0 Å². The second kappa shape index (κ2) is 6.02. The van der Waals surface area contributed by atoms with E-state index in [4.69, 9.17) is 5.73 Å². The average molecular weight is 226 g/mol. The summed E-state index contributed by atoms with van der Waals surface area (Å²) in [5.74, 6) is 2.42. The second-order valence-electron chi connectivity index (χ2n) is 6.27. The maximum absolute atomic E-state index is 6.26. The lowest BCUT2D eigenvalue weighted by Crippen LogP contribution is -2.44. The molecule has 2 heteroatoms. The quantitative estimate of drug-likeness (QED) is 0.798. The van der Waals surface area contributed by atoms with E-state index in [2.05, 4.69) is 39.6 Å². The van der Waals surface area contributed by atoms with Crippen LogP contribution >= 0.6 is 0 Å². The predicted octanol–water partition coefficient (Wildman–Crippen LogP) is 2.73. The molecule has 1 aliphatic rings. The minimum absolute atomic E-state index is 0.427. The van der Waals surface area contributed by atoms with Crippen LogP contribution in [0.15, 0.2) is 0 Å². The van der Waals surface area contributed by atoms with Gasteiger partial charge in [-0.2, -0.15) is 0 Å². The van der Waals surface area contributed by atoms with E-state index in [1.807, 2.05) is 0 Å². The zero-order chi connectivity index (χ0) is 12.3. The maximum atomic E-state index is 6.26. The van der Waals surface area contributed by atoms with Crippen LogP contribution in [0.5, 0.6) is 0 Å². The first-order valence-electron chi connectivity index (χ1n) is 6.87. The molecule has 2 N–H and O–H groups in total. The number of rotatable bonds is 4. The lowest BCUT2D eigenvalue weighted by atomic mass is 9.73. The Bertz CT molecular complexity index is 199. The van der Waals surface area contributed by atoms with Gasteiger partial charge in [0.25, 0.3) is 0 Å². The molecule has 1 rings (SSSR count). The van der Waals surface area contributed by atoms with Gasteiger partial charge >= 0.3 is 0 Å². The van der Waals surface area contributed by atoms with Gasteiger partial charge in [-0.05, 0) is 57.9 Å². The summed E-state index contributed by atoms with van der Waals surface area (Å²) in [4.78, 5) is 2.44. The summed E-state index contributed by atoms with van der Waals surface area (Å²) in [6, 6.07) is 1.06. The third kappa shape index (κ3) is 3.74. The van der Waals surface area contributed by atoms with E-state index >= 15 is 0 Å². The van der Waals surface area contributed by atoms with E-state index in [0.717, 1.165) is 11.8 Å². The Morgan fingerprint density at radius 3 is 2.31 bits per heavy atom. The van der Waals surface area contributed by atoms with E-state index in [1.54, 1.807) is 0 Å². The van der Waals surface area contributed by atoms with E-state index in [9.17, 15) is 0 Å². The Balaban J connectivity index is 2.49. The first kappa shape index (κ1) is 14.0. The van der Waals surface area contributed by atoms with Crippen LogP contribution in [0.25, 0.3) is 0 Å². The normalized spacial score (nSPS) is 31.7. The van der Waals surface area contributed by atoms with Gasteiger partial charge in [0.2, 0.25) is 0 Å². The van der Waals surface area contributed by atoms with Crippen LogP contribution < -0.4 is 5.73 Å². The molecule has 0 spiro atoms. The summed E-state index contributed by atoms with van der Waals surface area (Å²) in [7, 11) is 2.22. The third-order valence-corrected chi connectivity index (χ3v) is 4.43. The molecule has 96 valence electrons. The van der Waals surface area contributed by atoms with E-state index in [0.29, 0.717) is 18.0 Å². The second-order valence-corrected chi connectivity index (χ2v) is 6.27. The van der Waals surface area contributed by atoms with Crippen LogP contribution in [0.1, 0.15) is 47.0 Å². The molecule has 0 aliphatic heterocycles. The van der Waals surface area contributed by atoms with Gasteiger partial charge in [-0.3, -0.25) is 0 Å². The molecule has 2 nitrogen and oxygen atoms in total. The van der Waals surface area contributed by atoms with E-state index in [1.165, 1.54) is 25.8 Å². The van der Waals surface area contributed by atoms with Crippen molar-refractivity contribution in [1.29, 1.82) is 0 Å². The molecule has 1 fully saturated rings. The Morgan fingerprint density at radius 1 is 1.19 bits per heavy atom. The SMILES string of the molecule is CC(C)C1CCC(N)C(CN(C)C(C)C)C1. The number of nitrogens with two attached hydrogens (primary N) is 1. The highest BCUT2D eigenvalue weighted by Crippen LogP contribution is 2.33. The Kier molecular flexibility index (Phi) is 5.26.